The fourth-order valence-electron chi connectivity index (χ4n) is 3.20. The van der Waals surface area contributed by atoms with Gasteiger partial charge in [-0.1, -0.05) is 23.4 Å². The first-order valence-electron chi connectivity index (χ1n) is 9.24. The van der Waals surface area contributed by atoms with E-state index >= 15 is 0 Å². The third-order valence-electron chi connectivity index (χ3n) is 4.67. The number of nitrogens with two attached hydrogens (primary N) is 1. The number of carbonyl (C=O) groups excluding carboxylic acids is 3. The topological polar surface area (TPSA) is 203 Å². The number of nitrogens with one attached hydrogen (secondary N) is 2. The number of aliphatic carboxylic acids is 1. The summed E-state index contributed by atoms with van der Waals surface area (Å²) in [5.41, 5.74) is 5.90. The summed E-state index contributed by atoms with van der Waals surface area (Å²) in [5, 5.41) is 37.4. The van der Waals surface area contributed by atoms with Gasteiger partial charge in [0.15, 0.2) is 10.8 Å². The van der Waals surface area contributed by atoms with Crippen molar-refractivity contribution >= 4 is 57.8 Å². The van der Waals surface area contributed by atoms with E-state index in [0.717, 1.165) is 16.2 Å². The standard InChI is InChI=1S/C18H16N8O5S2.Na/c19-18-21-10(7-33-18)11(24-31)14(27)22-12-15(28)26-13(17(29)30)8(6-32-16(12)26)3-1-2-4-9-5-20-25-23-9;/h1-5,7,12,16,31H,6H2,(H2,19,21)(H,22,27)(H,29,30)(H,20,23,25);/q;+1/p-1/b3-1-,4-2+,24-11-;/t12-,16-;/m1./s1. The van der Waals surface area contributed by atoms with Gasteiger partial charge in [-0.05, 0) is 11.6 Å². The molecule has 2 aromatic rings. The number of nitrogens with zero attached hydrogens (tertiary/aromatic N) is 5. The van der Waals surface area contributed by atoms with Crippen molar-refractivity contribution in [1.29, 1.82) is 0 Å². The van der Waals surface area contributed by atoms with Gasteiger partial charge >= 0.3 is 29.6 Å². The minimum absolute atomic E-state index is 0. The van der Waals surface area contributed by atoms with Crippen LogP contribution < -0.4 is 45.7 Å². The van der Waals surface area contributed by atoms with Crippen LogP contribution in [-0.4, -0.2) is 71.2 Å². The minimum atomic E-state index is -1.51. The number of allylic oxidation sites excluding steroid dienone is 3. The van der Waals surface area contributed by atoms with Crippen LogP contribution in [-0.2, 0) is 14.4 Å². The number of anilines is 1. The first kappa shape index (κ1) is 25.6. The minimum Gasteiger partial charge on any atom is -0.543 e. The second-order valence-corrected chi connectivity index (χ2v) is 8.65. The van der Waals surface area contributed by atoms with Gasteiger partial charge in [-0.15, -0.1) is 23.1 Å². The number of carboxylic acid groups (broad SMARTS) is 1. The van der Waals surface area contributed by atoms with Gasteiger partial charge in [-0.2, -0.15) is 15.4 Å². The molecule has 1 fully saturated rings. The number of β-lactam (4-membered cyclic amide) rings is 1. The quantitative estimate of drug-likeness (QED) is 0.0705. The van der Waals surface area contributed by atoms with Crippen LogP contribution in [0.3, 0.4) is 0 Å². The van der Waals surface area contributed by atoms with Crippen LogP contribution in [0.15, 0.2) is 46.2 Å². The molecule has 0 radical (unpaired) electrons. The fraction of sp³-hybridized carbons (Fsp3) is 0.167. The molecule has 0 aromatic carbocycles. The molecule has 0 unspecified atom stereocenters. The second-order valence-electron chi connectivity index (χ2n) is 6.65. The third-order valence-corrected chi connectivity index (χ3v) is 6.64. The van der Waals surface area contributed by atoms with Gasteiger partial charge in [0, 0.05) is 11.1 Å². The Kier molecular flexibility index (Phi) is 8.27. The third kappa shape index (κ3) is 5.07. The van der Waals surface area contributed by atoms with E-state index in [1.165, 1.54) is 23.3 Å². The number of thiazole rings is 1. The molecule has 0 bridgehead atoms. The smallest absolute Gasteiger partial charge is 0.543 e. The predicted octanol–water partition coefficient (Wildman–Crippen LogP) is -4.30. The van der Waals surface area contributed by atoms with Crippen LogP contribution in [0, 0.1) is 0 Å². The number of rotatable bonds is 7. The number of amides is 2. The van der Waals surface area contributed by atoms with E-state index in [-0.39, 0.29) is 51.8 Å². The molecule has 1 saturated heterocycles. The molecule has 2 atom stereocenters. The van der Waals surface area contributed by atoms with Gasteiger partial charge in [-0.25, -0.2) is 4.98 Å². The molecule has 170 valence electrons. The number of aromatic nitrogens is 4. The molecule has 13 nitrogen and oxygen atoms in total. The van der Waals surface area contributed by atoms with Crippen LogP contribution in [0.5, 0.6) is 0 Å². The number of carbonyl (C=O) groups is 3. The Morgan fingerprint density at radius 3 is 2.76 bits per heavy atom. The zero-order chi connectivity index (χ0) is 23.5. The Morgan fingerprint density at radius 2 is 2.15 bits per heavy atom. The van der Waals surface area contributed by atoms with Crippen molar-refractivity contribution in [3.05, 3.63) is 52.5 Å². The molecule has 2 amide bonds. The Hall–Kier alpha value is -2.98. The second kappa shape index (κ2) is 11.0. The van der Waals surface area contributed by atoms with Crippen molar-refractivity contribution in [2.24, 2.45) is 5.16 Å². The summed E-state index contributed by atoms with van der Waals surface area (Å²) < 4.78 is 0. The largest absolute Gasteiger partial charge is 1.00 e. The van der Waals surface area contributed by atoms with E-state index < -0.39 is 34.9 Å². The average molecular weight is 510 g/mol. The average Bonchev–Trinajstić information content (AvgIpc) is 3.46. The number of thioether (sulfide) groups is 1. The first-order chi connectivity index (χ1) is 15.9. The fourth-order valence-corrected chi connectivity index (χ4v) is 5.06. The number of fused-ring (bicyclic) bond motifs is 1. The maximum Gasteiger partial charge on any atom is 1.00 e. The summed E-state index contributed by atoms with van der Waals surface area (Å²) >= 11 is 2.33. The summed E-state index contributed by atoms with van der Waals surface area (Å²) in [6.45, 7) is 0. The molecule has 4 heterocycles. The summed E-state index contributed by atoms with van der Waals surface area (Å²) in [7, 11) is 0. The van der Waals surface area contributed by atoms with Gasteiger partial charge in [0.25, 0.3) is 11.8 Å². The van der Waals surface area contributed by atoms with Crippen LogP contribution in [0.2, 0.25) is 0 Å². The number of hydrogen-bond acceptors (Lipinski definition) is 12. The van der Waals surface area contributed by atoms with Gasteiger partial charge in [0.1, 0.15) is 22.8 Å². The molecule has 5 N–H and O–H groups in total. The maximum absolute atomic E-state index is 12.7. The van der Waals surface area contributed by atoms with Crippen molar-refractivity contribution in [2.45, 2.75) is 11.4 Å². The Bertz CT molecular complexity index is 1220. The number of hydrogen-bond donors (Lipinski definition) is 4. The summed E-state index contributed by atoms with van der Waals surface area (Å²) in [6, 6.07) is -1.01. The van der Waals surface area contributed by atoms with E-state index in [1.54, 1.807) is 24.3 Å². The van der Waals surface area contributed by atoms with Crippen LogP contribution in [0.4, 0.5) is 5.13 Å². The number of aromatic amines is 1. The van der Waals surface area contributed by atoms with E-state index in [2.05, 4.69) is 30.9 Å². The predicted molar refractivity (Wildman–Crippen MR) is 116 cm³/mol. The first-order valence-corrected chi connectivity index (χ1v) is 11.2. The zero-order valence-electron chi connectivity index (χ0n) is 17.5. The summed E-state index contributed by atoms with van der Waals surface area (Å²) in [5.74, 6) is -2.71. The SMILES string of the molecule is Nc1nc(/C(=N/O)C(=O)N[C@@H]2C(=O)N3C(C(=O)[O-])=C(/C=C\C=C\c4cn[nH]n4)CS[C@H]23)cs1.[Na+]. The Morgan fingerprint density at radius 1 is 1.38 bits per heavy atom. The Labute approximate surface area is 222 Å². The summed E-state index contributed by atoms with van der Waals surface area (Å²) in [4.78, 5) is 42.0. The summed E-state index contributed by atoms with van der Waals surface area (Å²) in [6.07, 6.45) is 8.00. The van der Waals surface area contributed by atoms with Crippen LogP contribution in [0.25, 0.3) is 6.08 Å². The van der Waals surface area contributed by atoms with Crippen LogP contribution >= 0.6 is 23.1 Å². The van der Waals surface area contributed by atoms with Crippen molar-refractivity contribution in [1.82, 2.24) is 30.6 Å². The van der Waals surface area contributed by atoms with E-state index in [9.17, 15) is 24.7 Å². The molecule has 0 aliphatic carbocycles. The van der Waals surface area contributed by atoms with Crippen molar-refractivity contribution in [3.63, 3.8) is 0 Å². The molecule has 2 aromatic heterocycles. The zero-order valence-corrected chi connectivity index (χ0v) is 21.2. The molecule has 2 aliphatic rings. The number of nitrogen functional groups attached to an aromatic ring is 1. The number of oxime groups is 1. The van der Waals surface area contributed by atoms with Crippen molar-refractivity contribution in [3.8, 4) is 0 Å². The molecule has 34 heavy (non-hydrogen) atoms. The molecule has 0 saturated carbocycles. The van der Waals surface area contributed by atoms with E-state index in [0.29, 0.717) is 11.3 Å². The molecule has 4 rings (SSSR count). The van der Waals surface area contributed by atoms with Crippen molar-refractivity contribution < 1.29 is 54.3 Å². The van der Waals surface area contributed by atoms with Crippen LogP contribution in [0.1, 0.15) is 11.4 Å². The van der Waals surface area contributed by atoms with Gasteiger partial charge in [0.05, 0.1) is 17.9 Å². The van der Waals surface area contributed by atoms with Gasteiger partial charge in [-0.3, -0.25) is 14.5 Å². The molecular weight excluding hydrogens is 495 g/mol. The molecular formula is C18H15N8NaO5S2. The van der Waals surface area contributed by atoms with E-state index in [1.807, 2.05) is 0 Å². The molecule has 2 aliphatic heterocycles. The molecule has 16 heteroatoms. The molecule has 0 spiro atoms. The monoisotopic (exact) mass is 510 g/mol. The number of carboxylic acids is 1. The van der Waals surface area contributed by atoms with Gasteiger partial charge in [0.2, 0.25) is 0 Å². The number of H-pyrrole nitrogens is 1. The Balaban J connectivity index is 0.00000324. The van der Waals surface area contributed by atoms with Crippen molar-refractivity contribution in [2.75, 3.05) is 11.5 Å². The van der Waals surface area contributed by atoms with Gasteiger partial charge < -0.3 is 26.2 Å². The maximum atomic E-state index is 12.7. The van der Waals surface area contributed by atoms with E-state index in [4.69, 9.17) is 5.73 Å². The normalized spacial score (nSPS) is 20.3.